The third-order valence-electron chi connectivity index (χ3n) is 12.1. The van der Waals surface area contributed by atoms with Crippen LogP contribution in [-0.2, 0) is 0 Å². The van der Waals surface area contributed by atoms with Crippen LogP contribution in [0.5, 0.6) is 0 Å². The molecule has 3 heterocycles. The standard InChI is InChI=1S/C57H38N4O/c1-4-15-37(16-5-1)38-27-29-40(30-28-38)56-58-55(39-17-6-2-7-18-39)59-57(60-56)42-32-34-47-46-33-31-41(35-52(46)62-53(47)36-42)44-21-10-11-22-45(44)48-24-14-26-51-54(48)49-23-12-13-25-50(49)61(51)43-19-8-3-9-20-43/h1-36,56H,(H,58,59,60). The third kappa shape index (κ3) is 6.10. The van der Waals surface area contributed by atoms with Crippen LogP contribution in [0.25, 0.3) is 82.8 Å². The Morgan fingerprint density at radius 2 is 0.984 bits per heavy atom. The summed E-state index contributed by atoms with van der Waals surface area (Å²) in [5.41, 5.74) is 15.1. The van der Waals surface area contributed by atoms with Crippen LogP contribution < -0.4 is 5.32 Å². The lowest BCUT2D eigenvalue weighted by atomic mass is 9.91. The van der Waals surface area contributed by atoms with Crippen molar-refractivity contribution in [3.8, 4) is 39.1 Å². The summed E-state index contributed by atoms with van der Waals surface area (Å²) in [6.45, 7) is 0. The van der Waals surface area contributed by atoms with Crippen LogP contribution in [0.15, 0.2) is 233 Å². The van der Waals surface area contributed by atoms with Crippen LogP contribution in [-0.4, -0.2) is 16.2 Å². The molecule has 0 fully saturated rings. The number of benzene rings is 9. The van der Waals surface area contributed by atoms with Crippen molar-refractivity contribution in [3.63, 3.8) is 0 Å². The van der Waals surface area contributed by atoms with Crippen molar-refractivity contribution >= 4 is 55.4 Å². The smallest absolute Gasteiger partial charge is 0.159 e. The number of amidine groups is 2. The van der Waals surface area contributed by atoms with Gasteiger partial charge in [0.1, 0.15) is 23.2 Å². The summed E-state index contributed by atoms with van der Waals surface area (Å²) in [4.78, 5) is 10.3. The van der Waals surface area contributed by atoms with Crippen molar-refractivity contribution in [2.24, 2.45) is 9.98 Å². The molecule has 11 aromatic rings. The average molecular weight is 795 g/mol. The highest BCUT2D eigenvalue weighted by atomic mass is 16.3. The molecule has 0 saturated heterocycles. The Kier molecular flexibility index (Phi) is 8.49. The zero-order valence-corrected chi connectivity index (χ0v) is 33.6. The summed E-state index contributed by atoms with van der Waals surface area (Å²) in [5, 5.41) is 8.19. The molecule has 292 valence electrons. The Balaban J connectivity index is 0.935. The number of rotatable bonds is 7. The van der Waals surface area contributed by atoms with Crippen LogP contribution in [0.4, 0.5) is 0 Å². The van der Waals surface area contributed by atoms with Crippen LogP contribution in [0, 0.1) is 0 Å². The zero-order valence-electron chi connectivity index (χ0n) is 33.6. The zero-order chi connectivity index (χ0) is 41.0. The average Bonchev–Trinajstić information content (AvgIpc) is 3.90. The summed E-state index contributed by atoms with van der Waals surface area (Å²) in [6.07, 6.45) is -0.322. The van der Waals surface area contributed by atoms with Crippen molar-refractivity contribution in [2.75, 3.05) is 0 Å². The maximum Gasteiger partial charge on any atom is 0.159 e. The fraction of sp³-hybridized carbons (Fsp3) is 0.0175. The van der Waals surface area contributed by atoms with Crippen molar-refractivity contribution in [2.45, 2.75) is 6.17 Å². The molecule has 0 spiro atoms. The second kappa shape index (κ2) is 14.8. The maximum absolute atomic E-state index is 6.73. The molecule has 9 aromatic carbocycles. The molecule has 1 aliphatic rings. The van der Waals surface area contributed by atoms with E-state index in [9.17, 15) is 0 Å². The SMILES string of the molecule is c1ccc(C2=NC(c3ccc4c(c3)oc3cc(-c5ccccc5-c5cccc6c5c5ccccc5n6-c5ccccc5)ccc34)=NC(c3ccc(-c4ccccc4)cc3)N2)cc1. The van der Waals surface area contributed by atoms with E-state index >= 15 is 0 Å². The Labute approximate surface area is 358 Å². The van der Waals surface area contributed by atoms with Crippen molar-refractivity contribution < 1.29 is 4.42 Å². The second-order valence-corrected chi connectivity index (χ2v) is 15.8. The number of para-hydroxylation sites is 2. The molecule has 5 nitrogen and oxygen atoms in total. The molecule has 1 unspecified atom stereocenters. The lowest BCUT2D eigenvalue weighted by Crippen LogP contribution is -2.33. The fourth-order valence-corrected chi connectivity index (χ4v) is 9.13. The van der Waals surface area contributed by atoms with Crippen molar-refractivity contribution in [1.82, 2.24) is 9.88 Å². The normalized spacial score (nSPS) is 14.0. The van der Waals surface area contributed by atoms with Gasteiger partial charge in [-0.05, 0) is 87.5 Å². The Morgan fingerprint density at radius 3 is 1.74 bits per heavy atom. The number of aromatic nitrogens is 1. The van der Waals surface area contributed by atoms with E-state index in [-0.39, 0.29) is 6.17 Å². The Hall–Kier alpha value is -8.28. The van der Waals surface area contributed by atoms with Crippen LogP contribution in [0.3, 0.4) is 0 Å². The number of hydrogen-bond donors (Lipinski definition) is 1. The van der Waals surface area contributed by atoms with Gasteiger partial charge in [-0.15, -0.1) is 0 Å². The number of nitrogens with zero attached hydrogens (tertiary/aromatic N) is 3. The van der Waals surface area contributed by atoms with Crippen molar-refractivity contribution in [3.05, 3.63) is 235 Å². The molecular formula is C57H38N4O. The highest BCUT2D eigenvalue weighted by Crippen LogP contribution is 2.43. The fourth-order valence-electron chi connectivity index (χ4n) is 9.13. The van der Waals surface area contributed by atoms with E-state index in [0.717, 1.165) is 66.8 Å². The van der Waals surface area contributed by atoms with Gasteiger partial charge in [0.25, 0.3) is 0 Å². The van der Waals surface area contributed by atoms with E-state index in [1.807, 2.05) is 24.3 Å². The Bertz CT molecular complexity index is 3530. The van der Waals surface area contributed by atoms with E-state index in [1.54, 1.807) is 0 Å². The van der Waals surface area contributed by atoms with Gasteiger partial charge in [-0.2, -0.15) is 0 Å². The number of fused-ring (bicyclic) bond motifs is 6. The topological polar surface area (TPSA) is 54.8 Å². The minimum atomic E-state index is -0.322. The summed E-state index contributed by atoms with van der Waals surface area (Å²) >= 11 is 0. The lowest BCUT2D eigenvalue weighted by molar-refractivity contribution is 0.667. The largest absolute Gasteiger partial charge is 0.456 e. The van der Waals surface area contributed by atoms with Gasteiger partial charge in [0.2, 0.25) is 0 Å². The van der Waals surface area contributed by atoms with Gasteiger partial charge in [0.15, 0.2) is 5.84 Å². The first kappa shape index (κ1) is 35.6. The monoisotopic (exact) mass is 794 g/mol. The molecule has 5 heteroatoms. The summed E-state index contributed by atoms with van der Waals surface area (Å²) in [6, 6.07) is 76.9. The Morgan fingerprint density at radius 1 is 0.419 bits per heavy atom. The van der Waals surface area contributed by atoms with Gasteiger partial charge < -0.3 is 14.3 Å². The van der Waals surface area contributed by atoms with Crippen molar-refractivity contribution in [1.29, 1.82) is 0 Å². The molecule has 1 N–H and O–H groups in total. The van der Waals surface area contributed by atoms with Gasteiger partial charge in [-0.1, -0.05) is 170 Å². The molecule has 1 aliphatic heterocycles. The number of hydrogen-bond acceptors (Lipinski definition) is 4. The molecule has 0 saturated carbocycles. The molecule has 1 atom stereocenters. The molecule has 0 amide bonds. The summed E-state index contributed by atoms with van der Waals surface area (Å²) < 4.78 is 9.10. The second-order valence-electron chi connectivity index (χ2n) is 15.8. The minimum absolute atomic E-state index is 0.322. The minimum Gasteiger partial charge on any atom is -0.456 e. The maximum atomic E-state index is 6.73. The van der Waals surface area contributed by atoms with Gasteiger partial charge >= 0.3 is 0 Å². The van der Waals surface area contributed by atoms with E-state index in [4.69, 9.17) is 14.4 Å². The molecule has 62 heavy (non-hydrogen) atoms. The van der Waals surface area contributed by atoms with Crippen LogP contribution in [0.1, 0.15) is 22.9 Å². The van der Waals surface area contributed by atoms with Gasteiger partial charge in [-0.25, -0.2) is 9.98 Å². The van der Waals surface area contributed by atoms with E-state index in [0.29, 0.717) is 5.84 Å². The first-order valence-electron chi connectivity index (χ1n) is 21.0. The summed E-state index contributed by atoms with van der Waals surface area (Å²) in [5.74, 6) is 1.43. The highest BCUT2D eigenvalue weighted by Gasteiger charge is 2.23. The highest BCUT2D eigenvalue weighted by molar-refractivity contribution is 6.18. The van der Waals surface area contributed by atoms with Gasteiger partial charge in [0, 0.05) is 38.4 Å². The predicted molar refractivity (Wildman–Crippen MR) is 256 cm³/mol. The number of aliphatic imine (C=N–C) groups is 2. The number of nitrogens with one attached hydrogen (secondary N) is 1. The molecule has 2 aromatic heterocycles. The molecule has 12 rings (SSSR count). The molecular weight excluding hydrogens is 757 g/mol. The van der Waals surface area contributed by atoms with Gasteiger partial charge in [0.05, 0.1) is 11.0 Å². The van der Waals surface area contributed by atoms with E-state index in [1.165, 1.54) is 38.5 Å². The summed E-state index contributed by atoms with van der Waals surface area (Å²) in [7, 11) is 0. The quantitative estimate of drug-likeness (QED) is 0.175. The number of furan rings is 1. The van der Waals surface area contributed by atoms with Crippen LogP contribution >= 0.6 is 0 Å². The van der Waals surface area contributed by atoms with Gasteiger partial charge in [-0.3, -0.25) is 0 Å². The first-order chi connectivity index (χ1) is 30.7. The molecule has 0 radical (unpaired) electrons. The third-order valence-corrected chi connectivity index (χ3v) is 12.1. The first-order valence-corrected chi connectivity index (χ1v) is 21.0. The molecule has 0 aliphatic carbocycles. The van der Waals surface area contributed by atoms with Crippen LogP contribution in [0.2, 0.25) is 0 Å². The lowest BCUT2D eigenvalue weighted by Gasteiger charge is -2.24. The van der Waals surface area contributed by atoms with E-state index < -0.39 is 0 Å². The molecule has 0 bridgehead atoms. The van der Waals surface area contributed by atoms with E-state index in [2.05, 4.69) is 204 Å². The predicted octanol–water partition coefficient (Wildman–Crippen LogP) is 14.2.